The highest BCUT2D eigenvalue weighted by Gasteiger charge is 2.24. The molecule has 2 rings (SSSR count). The lowest BCUT2D eigenvalue weighted by Gasteiger charge is -1.96. The third-order valence-corrected chi connectivity index (χ3v) is 10.6. The van der Waals surface area contributed by atoms with Gasteiger partial charge < -0.3 is 0 Å². The first kappa shape index (κ1) is 9.65. The van der Waals surface area contributed by atoms with Crippen molar-refractivity contribution in [3.8, 4) is 0 Å². The first-order valence-electron chi connectivity index (χ1n) is 3.25. The second kappa shape index (κ2) is 5.10. The summed E-state index contributed by atoms with van der Waals surface area (Å²) in [5.41, 5.74) is 0. The summed E-state index contributed by atoms with van der Waals surface area (Å²) in [6.45, 7) is 0. The highest BCUT2D eigenvalue weighted by atomic mass is 33.1. The SMILES string of the molecule is C(SSC1CS1)SSC1CS1. The summed E-state index contributed by atoms with van der Waals surface area (Å²) < 4.78 is 1.86. The Morgan fingerprint density at radius 2 is 1.45 bits per heavy atom. The van der Waals surface area contributed by atoms with Crippen molar-refractivity contribution >= 4 is 66.7 Å². The molecule has 2 heterocycles. The van der Waals surface area contributed by atoms with E-state index in [1.807, 2.05) is 21.6 Å². The fraction of sp³-hybridized carbons (Fsp3) is 1.00. The van der Waals surface area contributed by atoms with E-state index in [1.54, 1.807) is 0 Å². The molecule has 64 valence electrons. The molecule has 0 spiro atoms. The van der Waals surface area contributed by atoms with E-state index in [1.165, 1.54) is 16.6 Å². The quantitative estimate of drug-likeness (QED) is 0.306. The van der Waals surface area contributed by atoms with Crippen molar-refractivity contribution in [1.29, 1.82) is 0 Å². The van der Waals surface area contributed by atoms with Crippen LogP contribution in [0, 0.1) is 0 Å². The van der Waals surface area contributed by atoms with Gasteiger partial charge in [-0.15, -0.1) is 23.5 Å². The molecule has 11 heavy (non-hydrogen) atoms. The second-order valence-corrected chi connectivity index (χ2v) is 10.6. The molecule has 2 unspecified atom stereocenters. The van der Waals surface area contributed by atoms with Crippen molar-refractivity contribution in [2.45, 2.75) is 9.16 Å². The molecule has 0 aromatic rings. The highest BCUT2D eigenvalue weighted by molar-refractivity contribution is 8.87. The number of rotatable bonds is 6. The molecule has 2 aliphatic rings. The molecular formula is C5H8S6. The van der Waals surface area contributed by atoms with Crippen molar-refractivity contribution in [1.82, 2.24) is 0 Å². The van der Waals surface area contributed by atoms with Crippen LogP contribution in [0.4, 0.5) is 0 Å². The molecule has 0 aliphatic carbocycles. The van der Waals surface area contributed by atoms with Crippen molar-refractivity contribution in [3.63, 3.8) is 0 Å². The Morgan fingerprint density at radius 1 is 1.00 bits per heavy atom. The van der Waals surface area contributed by atoms with Gasteiger partial charge in [-0.3, -0.25) is 0 Å². The van der Waals surface area contributed by atoms with Crippen LogP contribution in [0.25, 0.3) is 0 Å². The summed E-state index contributed by atoms with van der Waals surface area (Å²) >= 11 is 4.13. The van der Waals surface area contributed by atoms with Crippen LogP contribution in [0.2, 0.25) is 0 Å². The van der Waals surface area contributed by atoms with E-state index < -0.39 is 0 Å². The maximum Gasteiger partial charge on any atom is 0.0697 e. The van der Waals surface area contributed by atoms with Crippen molar-refractivity contribution in [3.05, 3.63) is 0 Å². The molecule has 2 aliphatic heterocycles. The standard InChI is InChI=1S/C5H8S6/c1-4(6-1)10-8-3-9-11-5-2-7-5/h4-5H,1-3H2. The smallest absolute Gasteiger partial charge is 0.0697 e. The van der Waals surface area contributed by atoms with Gasteiger partial charge in [-0.1, -0.05) is 43.2 Å². The average molecular weight is 261 g/mol. The maximum atomic E-state index is 2.07. The third-order valence-electron chi connectivity index (χ3n) is 1.05. The zero-order valence-electron chi connectivity index (χ0n) is 5.73. The van der Waals surface area contributed by atoms with Gasteiger partial charge >= 0.3 is 0 Å². The first-order valence-corrected chi connectivity index (χ1v) is 10.1. The van der Waals surface area contributed by atoms with Crippen LogP contribution in [-0.2, 0) is 0 Å². The summed E-state index contributed by atoms with van der Waals surface area (Å²) in [4.78, 5) is 0. The molecule has 0 radical (unpaired) electrons. The van der Waals surface area contributed by atoms with Crippen LogP contribution in [0.15, 0.2) is 0 Å². The van der Waals surface area contributed by atoms with Crippen LogP contribution >= 0.6 is 66.7 Å². The van der Waals surface area contributed by atoms with Crippen molar-refractivity contribution in [2.75, 3.05) is 16.6 Å². The van der Waals surface area contributed by atoms with Crippen molar-refractivity contribution < 1.29 is 0 Å². The van der Waals surface area contributed by atoms with E-state index in [0.717, 1.165) is 9.16 Å². The summed E-state index contributed by atoms with van der Waals surface area (Å²) in [6.07, 6.45) is 0. The Bertz CT molecular complexity index is 106. The fourth-order valence-corrected chi connectivity index (χ4v) is 9.16. The van der Waals surface area contributed by atoms with Gasteiger partial charge in [0.2, 0.25) is 0 Å². The van der Waals surface area contributed by atoms with Crippen LogP contribution in [0.3, 0.4) is 0 Å². The molecule has 2 saturated heterocycles. The second-order valence-electron chi connectivity index (χ2n) is 2.07. The van der Waals surface area contributed by atoms with E-state index in [9.17, 15) is 0 Å². The van der Waals surface area contributed by atoms with Crippen molar-refractivity contribution in [2.24, 2.45) is 0 Å². The molecule has 0 N–H and O–H groups in total. The van der Waals surface area contributed by atoms with Crippen LogP contribution in [-0.4, -0.2) is 25.8 Å². The zero-order valence-corrected chi connectivity index (χ0v) is 10.6. The molecule has 0 nitrogen and oxygen atoms in total. The van der Waals surface area contributed by atoms with E-state index in [-0.39, 0.29) is 0 Å². The molecular weight excluding hydrogens is 252 g/mol. The summed E-state index contributed by atoms with van der Waals surface area (Å²) in [5, 5.41) is 1.25. The van der Waals surface area contributed by atoms with E-state index >= 15 is 0 Å². The summed E-state index contributed by atoms with van der Waals surface area (Å²) in [5.74, 6) is 2.77. The Balaban J connectivity index is 1.35. The molecule has 0 bridgehead atoms. The molecule has 0 aromatic carbocycles. The molecule has 0 saturated carbocycles. The lowest BCUT2D eigenvalue weighted by atomic mass is 11.0. The van der Waals surface area contributed by atoms with Gasteiger partial charge in [0.05, 0.1) is 14.2 Å². The largest absolute Gasteiger partial charge is 0.144 e. The average Bonchev–Trinajstić information content (AvgIpc) is 2.83. The van der Waals surface area contributed by atoms with Gasteiger partial charge in [0, 0.05) is 11.5 Å². The van der Waals surface area contributed by atoms with Gasteiger partial charge in [0.15, 0.2) is 0 Å². The van der Waals surface area contributed by atoms with E-state index in [2.05, 4.69) is 45.1 Å². The number of hydrogen-bond acceptors (Lipinski definition) is 6. The fourth-order valence-electron chi connectivity index (χ4n) is 0.417. The zero-order chi connectivity index (χ0) is 7.52. The van der Waals surface area contributed by atoms with Gasteiger partial charge in [-0.2, -0.15) is 0 Å². The number of thioether (sulfide) groups is 2. The Kier molecular flexibility index (Phi) is 4.47. The number of hydrogen-bond donors (Lipinski definition) is 0. The summed E-state index contributed by atoms with van der Waals surface area (Å²) in [7, 11) is 8.15. The van der Waals surface area contributed by atoms with Crippen LogP contribution in [0.1, 0.15) is 0 Å². The lowest BCUT2D eigenvalue weighted by molar-refractivity contribution is 1.65. The normalized spacial score (nSPS) is 33.8. The minimum absolute atomic E-state index is 0.931. The predicted molar refractivity (Wildman–Crippen MR) is 67.7 cm³/mol. The third kappa shape index (κ3) is 4.76. The highest BCUT2D eigenvalue weighted by Crippen LogP contribution is 2.50. The minimum Gasteiger partial charge on any atom is -0.144 e. The van der Waals surface area contributed by atoms with Gasteiger partial charge in [0.25, 0.3) is 0 Å². The van der Waals surface area contributed by atoms with E-state index in [0.29, 0.717) is 0 Å². The monoisotopic (exact) mass is 260 g/mol. The van der Waals surface area contributed by atoms with Crippen LogP contribution < -0.4 is 0 Å². The molecule has 6 heteroatoms. The predicted octanol–water partition coefficient (Wildman–Crippen LogP) is 3.85. The topological polar surface area (TPSA) is 0 Å². The molecule has 0 aromatic heterocycles. The van der Waals surface area contributed by atoms with Crippen LogP contribution in [0.5, 0.6) is 0 Å². The Hall–Kier alpha value is 2.10. The van der Waals surface area contributed by atoms with Gasteiger partial charge in [0.1, 0.15) is 0 Å². The van der Waals surface area contributed by atoms with Gasteiger partial charge in [-0.25, -0.2) is 0 Å². The maximum absolute atomic E-state index is 2.07. The first-order chi connectivity index (χ1) is 5.45. The minimum atomic E-state index is 0.931. The van der Waals surface area contributed by atoms with Gasteiger partial charge in [-0.05, 0) is 0 Å². The Labute approximate surface area is 91.7 Å². The molecule has 2 atom stereocenters. The summed E-state index contributed by atoms with van der Waals surface area (Å²) in [6, 6.07) is 0. The molecule has 0 amide bonds. The lowest BCUT2D eigenvalue weighted by Crippen LogP contribution is -1.69. The molecule has 2 fully saturated rings. The van der Waals surface area contributed by atoms with E-state index in [4.69, 9.17) is 0 Å². The Morgan fingerprint density at radius 3 is 1.82 bits per heavy atom.